The molecule has 102 valence electrons. The lowest BCUT2D eigenvalue weighted by Gasteiger charge is -2.18. The van der Waals surface area contributed by atoms with E-state index in [0.29, 0.717) is 0 Å². The summed E-state index contributed by atoms with van der Waals surface area (Å²) in [6, 6.07) is 3.68. The quantitative estimate of drug-likeness (QED) is 0.653. The van der Waals surface area contributed by atoms with Crippen LogP contribution in [0.15, 0.2) is 24.3 Å². The molecule has 1 rings (SSSR count). The maximum atomic E-state index is 10.5. The highest BCUT2D eigenvalue weighted by Gasteiger charge is 2.18. The molecule has 2 N–H and O–H groups in total. The van der Waals surface area contributed by atoms with Crippen molar-refractivity contribution in [2.24, 2.45) is 0 Å². The van der Waals surface area contributed by atoms with Crippen molar-refractivity contribution in [2.75, 3.05) is 0 Å². The van der Waals surface area contributed by atoms with Gasteiger partial charge in [-0.15, -0.1) is 0 Å². The lowest BCUT2D eigenvalue weighted by Crippen LogP contribution is -2.13. The fraction of sp³-hybridized carbons (Fsp3) is 0.250. The minimum absolute atomic E-state index is 0.302. The van der Waals surface area contributed by atoms with Crippen LogP contribution >= 0.6 is 0 Å². The van der Waals surface area contributed by atoms with E-state index >= 15 is 0 Å². The van der Waals surface area contributed by atoms with Gasteiger partial charge in [-0.05, 0) is 11.1 Å². The molecule has 18 heavy (non-hydrogen) atoms. The molecule has 0 saturated heterocycles. The van der Waals surface area contributed by atoms with Gasteiger partial charge in [-0.25, -0.2) is 16.8 Å². The van der Waals surface area contributed by atoms with Crippen LogP contribution in [-0.4, -0.2) is 36.2 Å². The predicted octanol–water partition coefficient (Wildman–Crippen LogP) is -1.24. The number of aliphatic hydroxyl groups excluding tert-OH is 2. The lowest BCUT2D eigenvalue weighted by molar-refractivity contribution is 0.232. The van der Waals surface area contributed by atoms with Crippen LogP contribution in [0.5, 0.6) is 0 Å². The summed E-state index contributed by atoms with van der Waals surface area (Å²) in [5, 5.41) is 18.2. The molecule has 0 bridgehead atoms. The first-order chi connectivity index (χ1) is 8.03. The van der Waals surface area contributed by atoms with Crippen LogP contribution in [0.2, 0.25) is 0 Å². The zero-order valence-electron chi connectivity index (χ0n) is 8.62. The van der Waals surface area contributed by atoms with E-state index in [-0.39, 0.29) is 11.1 Å². The summed E-state index contributed by atoms with van der Waals surface area (Å²) in [7, 11) is -9.91. The number of benzene rings is 1. The first-order valence-electron chi connectivity index (χ1n) is 4.39. The van der Waals surface area contributed by atoms with E-state index in [4.69, 9.17) is 10.2 Å². The van der Waals surface area contributed by atoms with E-state index in [0.717, 1.165) is 24.3 Å². The van der Waals surface area contributed by atoms with Gasteiger partial charge in [0.2, 0.25) is 0 Å². The van der Waals surface area contributed by atoms with E-state index in [1.54, 1.807) is 0 Å². The summed E-state index contributed by atoms with van der Waals surface area (Å²) in [5.74, 6) is 0. The highest BCUT2D eigenvalue weighted by molar-refractivity contribution is 7.86. The smallest absolute Gasteiger partial charge is 0.168 e. The summed E-state index contributed by atoms with van der Waals surface area (Å²) in [6.07, 6.45) is 0. The minimum atomic E-state index is -4.95. The van der Waals surface area contributed by atoms with Crippen LogP contribution in [0.25, 0.3) is 0 Å². The van der Waals surface area contributed by atoms with Crippen LogP contribution in [0, 0.1) is 0 Å². The topological polar surface area (TPSA) is 155 Å². The molecule has 0 saturated carbocycles. The van der Waals surface area contributed by atoms with Crippen molar-refractivity contribution in [2.45, 2.75) is 10.9 Å². The van der Waals surface area contributed by atoms with E-state index in [1.165, 1.54) is 0 Å². The highest BCUT2D eigenvalue weighted by atomic mass is 32.2. The predicted molar refractivity (Wildman–Crippen MR) is 55.8 cm³/mol. The Kier molecular flexibility index (Phi) is 4.10. The Morgan fingerprint density at radius 2 is 1.00 bits per heavy atom. The van der Waals surface area contributed by atoms with Gasteiger partial charge in [0.05, 0.1) is 0 Å². The molecule has 2 unspecified atom stereocenters. The molecule has 2 atom stereocenters. The first-order valence-corrected chi connectivity index (χ1v) is 7.33. The monoisotopic (exact) mass is 296 g/mol. The van der Waals surface area contributed by atoms with E-state index < -0.39 is 31.1 Å². The van der Waals surface area contributed by atoms with Gasteiger partial charge < -0.3 is 19.3 Å². The zero-order valence-corrected chi connectivity index (χ0v) is 10.3. The van der Waals surface area contributed by atoms with Gasteiger partial charge in [-0.1, -0.05) is 24.3 Å². The molecule has 1 aromatic carbocycles. The van der Waals surface area contributed by atoms with Gasteiger partial charge in [0.15, 0.2) is 10.9 Å². The molecule has 8 nitrogen and oxygen atoms in total. The van der Waals surface area contributed by atoms with Crippen LogP contribution in [0.1, 0.15) is 22.0 Å². The van der Waals surface area contributed by atoms with Crippen LogP contribution in [0.3, 0.4) is 0 Å². The van der Waals surface area contributed by atoms with Crippen molar-refractivity contribution >= 4 is 20.2 Å². The number of aliphatic hydroxyl groups is 2. The lowest BCUT2D eigenvalue weighted by atomic mass is 10.1. The Balaban J connectivity index is 3.08. The summed E-state index contributed by atoms with van der Waals surface area (Å²) in [6.45, 7) is 0. The molecule has 0 heterocycles. The van der Waals surface area contributed by atoms with E-state index in [9.17, 15) is 25.9 Å². The minimum Gasteiger partial charge on any atom is -0.746 e. The molecule has 10 heteroatoms. The summed E-state index contributed by atoms with van der Waals surface area (Å²) >= 11 is 0. The second kappa shape index (κ2) is 4.91. The van der Waals surface area contributed by atoms with Gasteiger partial charge in [0, 0.05) is 0 Å². The van der Waals surface area contributed by atoms with Crippen LogP contribution in [0.4, 0.5) is 0 Å². The molecule has 0 aliphatic rings. The summed E-state index contributed by atoms with van der Waals surface area (Å²) in [5.41, 5.74) is -5.20. The van der Waals surface area contributed by atoms with Crippen molar-refractivity contribution in [3.63, 3.8) is 0 Å². The number of rotatable bonds is 4. The molecule has 0 fully saturated rings. The molecular formula is C8H8O8S2-2. The Labute approximate surface area is 103 Å². The molecule has 1 aromatic rings. The van der Waals surface area contributed by atoms with Crippen molar-refractivity contribution in [1.29, 1.82) is 0 Å². The molecule has 0 spiro atoms. The number of hydrogen-bond donors (Lipinski definition) is 2. The SMILES string of the molecule is O=S(=O)([O-])C(O)c1ccc(C(O)S(=O)(=O)[O-])cc1. The van der Waals surface area contributed by atoms with Crippen molar-refractivity contribution in [3.05, 3.63) is 35.4 Å². The Morgan fingerprint density at radius 3 is 1.17 bits per heavy atom. The first kappa shape index (κ1) is 15.0. The highest BCUT2D eigenvalue weighted by Crippen LogP contribution is 2.23. The molecule has 0 aromatic heterocycles. The molecule has 0 aliphatic carbocycles. The third-order valence-electron chi connectivity index (χ3n) is 2.05. The zero-order chi connectivity index (χ0) is 14.1. The van der Waals surface area contributed by atoms with Gasteiger partial charge >= 0.3 is 0 Å². The van der Waals surface area contributed by atoms with E-state index in [1.807, 2.05) is 0 Å². The summed E-state index contributed by atoms with van der Waals surface area (Å²) < 4.78 is 63.1. The maximum Gasteiger partial charge on any atom is 0.168 e. The Bertz CT molecular complexity index is 559. The molecular weight excluding hydrogens is 288 g/mol. The van der Waals surface area contributed by atoms with Crippen molar-refractivity contribution in [1.82, 2.24) is 0 Å². The largest absolute Gasteiger partial charge is 0.746 e. The second-order valence-corrected chi connectivity index (χ2v) is 6.22. The van der Waals surface area contributed by atoms with Gasteiger partial charge in [-0.3, -0.25) is 0 Å². The Morgan fingerprint density at radius 1 is 0.778 bits per heavy atom. The van der Waals surface area contributed by atoms with Crippen molar-refractivity contribution in [3.8, 4) is 0 Å². The van der Waals surface area contributed by atoms with Crippen LogP contribution < -0.4 is 0 Å². The third-order valence-corrected chi connectivity index (χ3v) is 3.69. The van der Waals surface area contributed by atoms with E-state index in [2.05, 4.69) is 0 Å². The van der Waals surface area contributed by atoms with Gasteiger partial charge in [0.25, 0.3) is 0 Å². The molecule has 0 radical (unpaired) electrons. The number of hydrogen-bond acceptors (Lipinski definition) is 8. The summed E-state index contributed by atoms with van der Waals surface area (Å²) in [4.78, 5) is 0. The standard InChI is InChI=1S/C8H10O8S2/c9-7(17(11,12)13)5-1-2-6(4-3-5)8(10)18(14,15)16/h1-4,7-10H,(H,11,12,13)(H,14,15,16)/p-2. The van der Waals surface area contributed by atoms with Gasteiger partial charge in [-0.2, -0.15) is 0 Å². The Hall–Kier alpha value is -1.04. The second-order valence-electron chi connectivity index (χ2n) is 3.36. The average molecular weight is 296 g/mol. The van der Waals surface area contributed by atoms with Crippen LogP contribution in [-0.2, 0) is 20.2 Å². The average Bonchev–Trinajstić information content (AvgIpc) is 2.25. The molecule has 0 aliphatic heterocycles. The van der Waals surface area contributed by atoms with Gasteiger partial charge in [0.1, 0.15) is 20.2 Å². The maximum absolute atomic E-state index is 10.5. The fourth-order valence-electron chi connectivity index (χ4n) is 1.16. The molecule has 0 amide bonds. The van der Waals surface area contributed by atoms with Crippen molar-refractivity contribution < 1.29 is 36.2 Å². The normalized spacial score (nSPS) is 16.2. The fourth-order valence-corrected chi connectivity index (χ4v) is 2.14. The third kappa shape index (κ3) is 3.48.